The molecule has 0 fully saturated rings. The smallest absolute Gasteiger partial charge is 0.312 e. The molecule has 1 aromatic heterocycles. The van der Waals surface area contributed by atoms with Gasteiger partial charge in [-0.15, -0.1) is 11.3 Å². The second-order valence-electron chi connectivity index (χ2n) is 2.65. The summed E-state index contributed by atoms with van der Waals surface area (Å²) < 4.78 is 21.4. The molecular formula is C8H13O3PS. The van der Waals surface area contributed by atoms with E-state index in [0.717, 1.165) is 4.88 Å². The normalized spacial score (nSPS) is 11.9. The van der Waals surface area contributed by atoms with Crippen LogP contribution in [0.15, 0.2) is 12.1 Å². The second kappa shape index (κ2) is 4.38. The van der Waals surface area contributed by atoms with Crippen molar-refractivity contribution in [2.75, 3.05) is 14.2 Å². The Morgan fingerprint density at radius 2 is 2.00 bits per heavy atom. The van der Waals surface area contributed by atoms with Crippen LogP contribution in [0.2, 0.25) is 0 Å². The molecule has 0 unspecified atom stereocenters. The Kier molecular flexibility index (Phi) is 3.68. The summed E-state index contributed by atoms with van der Waals surface area (Å²) in [6, 6.07) is 3.94. The van der Waals surface area contributed by atoms with Gasteiger partial charge in [0.25, 0.3) is 0 Å². The number of hydrogen-bond acceptors (Lipinski definition) is 4. The van der Waals surface area contributed by atoms with Crippen molar-refractivity contribution in [2.45, 2.75) is 13.1 Å². The lowest BCUT2D eigenvalue weighted by Crippen LogP contribution is -1.90. The van der Waals surface area contributed by atoms with Crippen molar-refractivity contribution in [3.63, 3.8) is 0 Å². The number of rotatable bonds is 4. The first-order valence-electron chi connectivity index (χ1n) is 3.85. The van der Waals surface area contributed by atoms with Gasteiger partial charge in [-0.2, -0.15) is 0 Å². The van der Waals surface area contributed by atoms with Crippen LogP contribution < -0.4 is 0 Å². The third kappa shape index (κ3) is 2.92. The lowest BCUT2D eigenvalue weighted by atomic mass is 10.5. The van der Waals surface area contributed by atoms with Gasteiger partial charge in [0.1, 0.15) is 0 Å². The highest BCUT2D eigenvalue weighted by atomic mass is 32.1. The summed E-state index contributed by atoms with van der Waals surface area (Å²) in [4.78, 5) is 2.23. The third-order valence-electron chi connectivity index (χ3n) is 1.70. The molecule has 74 valence electrons. The number of thiophene rings is 1. The third-order valence-corrected chi connectivity index (χ3v) is 4.76. The largest absolute Gasteiger partial charge is 0.335 e. The van der Waals surface area contributed by atoms with Gasteiger partial charge in [0.15, 0.2) is 0 Å². The van der Waals surface area contributed by atoms with E-state index in [-0.39, 0.29) is 0 Å². The van der Waals surface area contributed by atoms with Crippen molar-refractivity contribution in [2.24, 2.45) is 0 Å². The summed E-state index contributed by atoms with van der Waals surface area (Å²) in [5.41, 5.74) is 0. The standard InChI is InChI=1S/C8H13O3PS/c1-7-4-5-8(13-7)6-12(9,10-2)11-3/h4-5H,6H2,1-3H3. The average molecular weight is 220 g/mol. The SMILES string of the molecule is COP(=O)(Cc1ccc(C)s1)OC. The Labute approximate surface area is 82.2 Å². The molecule has 0 aliphatic rings. The molecule has 0 aliphatic heterocycles. The molecule has 0 atom stereocenters. The highest BCUT2D eigenvalue weighted by molar-refractivity contribution is 7.53. The second-order valence-corrected chi connectivity index (χ2v) is 6.29. The average Bonchev–Trinajstić information content (AvgIpc) is 2.51. The molecule has 0 N–H and O–H groups in total. The number of aryl methyl sites for hydroxylation is 1. The topological polar surface area (TPSA) is 35.5 Å². The van der Waals surface area contributed by atoms with Crippen LogP contribution in [0, 0.1) is 6.92 Å². The van der Waals surface area contributed by atoms with Crippen molar-refractivity contribution in [3.8, 4) is 0 Å². The van der Waals surface area contributed by atoms with Gasteiger partial charge in [0.05, 0.1) is 6.16 Å². The Balaban J connectivity index is 2.73. The molecule has 1 heterocycles. The minimum absolute atomic E-state index is 0.360. The predicted molar refractivity (Wildman–Crippen MR) is 54.4 cm³/mol. The molecule has 13 heavy (non-hydrogen) atoms. The minimum Gasteiger partial charge on any atom is -0.312 e. The maximum atomic E-state index is 11.7. The summed E-state index contributed by atoms with van der Waals surface area (Å²) in [5.74, 6) is 0. The van der Waals surface area contributed by atoms with E-state index < -0.39 is 7.60 Å². The monoisotopic (exact) mass is 220 g/mol. The lowest BCUT2D eigenvalue weighted by Gasteiger charge is -2.11. The van der Waals surface area contributed by atoms with E-state index in [0.29, 0.717) is 6.16 Å². The fourth-order valence-corrected chi connectivity index (χ4v) is 3.28. The molecule has 1 aromatic rings. The fraction of sp³-hybridized carbons (Fsp3) is 0.500. The van der Waals surface area contributed by atoms with Crippen LogP contribution >= 0.6 is 18.9 Å². The molecule has 0 radical (unpaired) electrons. The van der Waals surface area contributed by atoms with Crippen molar-refractivity contribution in [1.82, 2.24) is 0 Å². The molecule has 0 aliphatic carbocycles. The van der Waals surface area contributed by atoms with Gasteiger partial charge in [-0.05, 0) is 19.1 Å². The predicted octanol–water partition coefficient (Wildman–Crippen LogP) is 3.04. The first kappa shape index (κ1) is 10.9. The first-order valence-corrected chi connectivity index (χ1v) is 6.40. The molecular weight excluding hydrogens is 207 g/mol. The van der Waals surface area contributed by atoms with Crippen LogP contribution in [0.25, 0.3) is 0 Å². The van der Waals surface area contributed by atoms with E-state index in [9.17, 15) is 4.57 Å². The van der Waals surface area contributed by atoms with E-state index in [1.807, 2.05) is 19.1 Å². The summed E-state index contributed by atoms with van der Waals surface area (Å²) in [6.07, 6.45) is 0.360. The zero-order valence-corrected chi connectivity index (χ0v) is 9.65. The van der Waals surface area contributed by atoms with E-state index in [2.05, 4.69) is 0 Å². The van der Waals surface area contributed by atoms with Crippen molar-refractivity contribution >= 4 is 18.9 Å². The maximum Gasteiger partial charge on any atom is 0.335 e. The summed E-state index contributed by atoms with van der Waals surface area (Å²) >= 11 is 1.61. The molecule has 0 saturated heterocycles. The zero-order valence-electron chi connectivity index (χ0n) is 7.94. The van der Waals surface area contributed by atoms with Gasteiger partial charge in [-0.1, -0.05) is 0 Å². The molecule has 0 aromatic carbocycles. The van der Waals surface area contributed by atoms with Crippen LogP contribution in [-0.4, -0.2) is 14.2 Å². The Morgan fingerprint density at radius 1 is 1.38 bits per heavy atom. The quantitative estimate of drug-likeness (QED) is 0.731. The van der Waals surface area contributed by atoms with Gasteiger partial charge < -0.3 is 9.05 Å². The van der Waals surface area contributed by atoms with Crippen LogP contribution in [0.4, 0.5) is 0 Å². The van der Waals surface area contributed by atoms with Gasteiger partial charge in [0.2, 0.25) is 0 Å². The van der Waals surface area contributed by atoms with Crippen molar-refractivity contribution < 1.29 is 13.6 Å². The highest BCUT2D eigenvalue weighted by Crippen LogP contribution is 2.50. The maximum absolute atomic E-state index is 11.7. The first-order chi connectivity index (χ1) is 6.09. The molecule has 0 spiro atoms. The Hall–Kier alpha value is -0.150. The van der Waals surface area contributed by atoms with E-state index >= 15 is 0 Å². The molecule has 0 amide bonds. The van der Waals surface area contributed by atoms with Gasteiger partial charge in [-0.3, -0.25) is 4.57 Å². The van der Waals surface area contributed by atoms with E-state index in [1.165, 1.54) is 19.1 Å². The fourth-order valence-electron chi connectivity index (χ4n) is 0.965. The van der Waals surface area contributed by atoms with E-state index in [1.54, 1.807) is 11.3 Å². The van der Waals surface area contributed by atoms with Gasteiger partial charge in [-0.25, -0.2) is 0 Å². The van der Waals surface area contributed by atoms with E-state index in [4.69, 9.17) is 9.05 Å². The van der Waals surface area contributed by atoms with Crippen LogP contribution in [0.1, 0.15) is 9.75 Å². The molecule has 3 nitrogen and oxygen atoms in total. The Bertz CT molecular complexity index is 313. The highest BCUT2D eigenvalue weighted by Gasteiger charge is 2.22. The van der Waals surface area contributed by atoms with Crippen molar-refractivity contribution in [1.29, 1.82) is 0 Å². The van der Waals surface area contributed by atoms with Crippen molar-refractivity contribution in [3.05, 3.63) is 21.9 Å². The molecule has 0 saturated carbocycles. The summed E-state index contributed by atoms with van der Waals surface area (Å²) in [6.45, 7) is 2.01. The number of hydrogen-bond donors (Lipinski definition) is 0. The molecule has 0 bridgehead atoms. The zero-order chi connectivity index (χ0) is 9.90. The van der Waals surface area contributed by atoms with Crippen LogP contribution in [0.3, 0.4) is 0 Å². The molecule has 1 rings (SSSR count). The van der Waals surface area contributed by atoms with Gasteiger partial charge >= 0.3 is 7.60 Å². The van der Waals surface area contributed by atoms with Crippen LogP contribution in [0.5, 0.6) is 0 Å². The molecule has 5 heteroatoms. The Morgan fingerprint density at radius 3 is 2.38 bits per heavy atom. The summed E-state index contributed by atoms with van der Waals surface area (Å²) in [7, 11) is -0.0643. The summed E-state index contributed by atoms with van der Waals surface area (Å²) in [5, 5.41) is 0. The minimum atomic E-state index is -2.88. The lowest BCUT2D eigenvalue weighted by molar-refractivity contribution is 0.275. The van der Waals surface area contributed by atoms with Crippen LogP contribution in [-0.2, 0) is 19.8 Å². The van der Waals surface area contributed by atoms with Gasteiger partial charge in [0, 0.05) is 24.0 Å².